The van der Waals surface area contributed by atoms with Crippen LogP contribution in [0.3, 0.4) is 0 Å². The van der Waals surface area contributed by atoms with Crippen molar-refractivity contribution < 1.29 is 18.3 Å². The number of aromatic nitrogens is 1. The third-order valence-electron chi connectivity index (χ3n) is 6.77. The highest BCUT2D eigenvalue weighted by Crippen LogP contribution is 2.37. The molecule has 36 heavy (non-hydrogen) atoms. The monoisotopic (exact) mass is 545 g/mol. The number of amides is 1. The Morgan fingerprint density at radius 2 is 1.50 bits per heavy atom. The SMILES string of the molecule is CC(=O)N1C[C@@H](NS(=O)(=O)c2ccc(C)cc2)[C@H](O)[C@@H](n2c3ccc(Cl)cc3c3cc(Cl)ccc32)C1. The van der Waals surface area contributed by atoms with Crippen LogP contribution in [0.4, 0.5) is 0 Å². The van der Waals surface area contributed by atoms with E-state index in [1.807, 2.05) is 35.8 Å². The van der Waals surface area contributed by atoms with Crippen LogP contribution in [-0.2, 0) is 14.8 Å². The van der Waals surface area contributed by atoms with Crippen molar-refractivity contribution in [2.24, 2.45) is 0 Å². The average molecular weight is 546 g/mol. The van der Waals surface area contributed by atoms with Crippen LogP contribution in [-0.4, -0.2) is 54.1 Å². The minimum atomic E-state index is -3.94. The van der Waals surface area contributed by atoms with Gasteiger partial charge in [0.05, 0.1) is 23.1 Å². The van der Waals surface area contributed by atoms with Gasteiger partial charge >= 0.3 is 0 Å². The van der Waals surface area contributed by atoms with Crippen LogP contribution in [0.15, 0.2) is 65.6 Å². The van der Waals surface area contributed by atoms with Crippen molar-refractivity contribution >= 4 is 60.9 Å². The first-order valence-corrected chi connectivity index (χ1v) is 13.7. The Balaban J connectivity index is 1.61. The van der Waals surface area contributed by atoms with E-state index >= 15 is 0 Å². The summed E-state index contributed by atoms with van der Waals surface area (Å²) in [5.41, 5.74) is 2.53. The zero-order valence-electron chi connectivity index (χ0n) is 19.7. The van der Waals surface area contributed by atoms with Gasteiger partial charge in [0.2, 0.25) is 15.9 Å². The van der Waals surface area contributed by atoms with Gasteiger partial charge in [0.1, 0.15) is 0 Å². The van der Waals surface area contributed by atoms with Gasteiger partial charge in [0.15, 0.2) is 0 Å². The fourth-order valence-electron chi connectivity index (χ4n) is 4.96. The van der Waals surface area contributed by atoms with Crippen molar-refractivity contribution in [2.45, 2.75) is 36.9 Å². The summed E-state index contributed by atoms with van der Waals surface area (Å²) in [4.78, 5) is 14.1. The lowest BCUT2D eigenvalue weighted by Gasteiger charge is -2.42. The molecule has 0 spiro atoms. The number of aliphatic hydroxyl groups is 1. The van der Waals surface area contributed by atoms with E-state index in [1.165, 1.54) is 19.1 Å². The van der Waals surface area contributed by atoms with E-state index in [2.05, 4.69) is 4.72 Å². The smallest absolute Gasteiger partial charge is 0.240 e. The lowest BCUT2D eigenvalue weighted by molar-refractivity contribution is -0.133. The summed E-state index contributed by atoms with van der Waals surface area (Å²) in [6.45, 7) is 3.57. The maximum Gasteiger partial charge on any atom is 0.240 e. The molecule has 5 rings (SSSR count). The molecule has 0 radical (unpaired) electrons. The minimum absolute atomic E-state index is 0.0485. The number of hydrogen-bond donors (Lipinski definition) is 2. The fraction of sp³-hybridized carbons (Fsp3) is 0.269. The number of nitrogens with zero attached hydrogens (tertiary/aromatic N) is 2. The molecule has 0 unspecified atom stereocenters. The predicted molar refractivity (Wildman–Crippen MR) is 142 cm³/mol. The first-order chi connectivity index (χ1) is 17.0. The molecule has 1 aromatic heterocycles. The number of piperidine rings is 1. The largest absolute Gasteiger partial charge is 0.389 e. The number of carbonyl (C=O) groups is 1. The summed E-state index contributed by atoms with van der Waals surface area (Å²) in [5.74, 6) is -0.210. The number of hydrogen-bond acceptors (Lipinski definition) is 4. The number of benzene rings is 3. The molecule has 10 heteroatoms. The van der Waals surface area contributed by atoms with E-state index in [0.29, 0.717) is 10.0 Å². The molecule has 3 aromatic carbocycles. The van der Waals surface area contributed by atoms with E-state index in [-0.39, 0.29) is 23.9 Å². The number of carbonyl (C=O) groups excluding carboxylic acids is 1. The third-order valence-corrected chi connectivity index (χ3v) is 8.75. The van der Waals surface area contributed by atoms with E-state index in [9.17, 15) is 18.3 Å². The Bertz CT molecular complexity index is 1530. The fourth-order valence-corrected chi connectivity index (χ4v) is 6.55. The molecule has 1 saturated heterocycles. The van der Waals surface area contributed by atoms with Crippen LogP contribution in [0, 0.1) is 6.92 Å². The number of likely N-dealkylation sites (tertiary alicyclic amines) is 1. The number of nitrogens with one attached hydrogen (secondary N) is 1. The molecule has 3 atom stereocenters. The molecule has 1 aliphatic rings. The van der Waals surface area contributed by atoms with Crippen LogP contribution in [0.2, 0.25) is 10.0 Å². The summed E-state index contributed by atoms with van der Waals surface area (Å²) in [6, 6.07) is 15.8. The Kier molecular flexibility index (Phi) is 6.51. The molecule has 4 aromatic rings. The normalized spacial score (nSPS) is 20.8. The first-order valence-electron chi connectivity index (χ1n) is 11.5. The number of aliphatic hydroxyl groups excluding tert-OH is 1. The maximum atomic E-state index is 13.2. The van der Waals surface area contributed by atoms with E-state index in [1.54, 1.807) is 29.2 Å². The Labute approximate surface area is 219 Å². The van der Waals surface area contributed by atoms with Gasteiger partial charge in [-0.1, -0.05) is 40.9 Å². The van der Waals surface area contributed by atoms with Gasteiger partial charge < -0.3 is 14.6 Å². The average Bonchev–Trinajstić information content (AvgIpc) is 3.13. The number of sulfonamides is 1. The molecule has 2 N–H and O–H groups in total. The zero-order valence-corrected chi connectivity index (χ0v) is 22.0. The molecule has 0 saturated carbocycles. The lowest BCUT2D eigenvalue weighted by atomic mass is 9.97. The molecule has 1 aliphatic heterocycles. The van der Waals surface area contributed by atoms with Gasteiger partial charge in [0, 0.05) is 51.9 Å². The highest BCUT2D eigenvalue weighted by atomic mass is 35.5. The number of aryl methyl sites for hydroxylation is 1. The van der Waals surface area contributed by atoms with Gasteiger partial charge in [-0.15, -0.1) is 0 Å². The third kappa shape index (κ3) is 4.48. The molecule has 188 valence electrons. The van der Waals surface area contributed by atoms with Gasteiger partial charge in [-0.05, 0) is 55.5 Å². The van der Waals surface area contributed by atoms with Crippen molar-refractivity contribution in [1.29, 1.82) is 0 Å². The highest BCUT2D eigenvalue weighted by Gasteiger charge is 2.41. The van der Waals surface area contributed by atoms with Crippen LogP contribution >= 0.6 is 23.2 Å². The number of rotatable bonds is 4. The van der Waals surface area contributed by atoms with Gasteiger partial charge in [-0.3, -0.25) is 4.79 Å². The molecular weight excluding hydrogens is 521 g/mol. The van der Waals surface area contributed by atoms with Gasteiger partial charge in [0.25, 0.3) is 0 Å². The van der Waals surface area contributed by atoms with Crippen LogP contribution in [0.1, 0.15) is 18.5 Å². The van der Waals surface area contributed by atoms with E-state index in [4.69, 9.17) is 23.2 Å². The van der Waals surface area contributed by atoms with Gasteiger partial charge in [-0.2, -0.15) is 0 Å². The van der Waals surface area contributed by atoms with Crippen molar-refractivity contribution in [2.75, 3.05) is 13.1 Å². The number of fused-ring (bicyclic) bond motifs is 3. The standard InChI is InChI=1S/C26H25Cl2N3O4S/c1-15-3-7-19(8-4-15)36(34,35)29-22-13-30(16(2)32)14-25(26(22)33)31-23-9-5-17(27)11-20(23)21-12-18(28)6-10-24(21)31/h3-12,22,25-26,29,33H,13-14H2,1-2H3/t22-,25+,26+/m1/s1. The summed E-state index contributed by atoms with van der Waals surface area (Å²) in [7, 11) is -3.94. The molecule has 1 amide bonds. The summed E-state index contributed by atoms with van der Waals surface area (Å²) >= 11 is 12.6. The topological polar surface area (TPSA) is 91.6 Å². The maximum absolute atomic E-state index is 13.2. The van der Waals surface area contributed by atoms with Crippen LogP contribution in [0.25, 0.3) is 21.8 Å². The first kappa shape index (κ1) is 25.0. The van der Waals surface area contributed by atoms with Crippen molar-refractivity contribution in [3.05, 3.63) is 76.3 Å². The Hall–Kier alpha value is -2.62. The molecule has 2 heterocycles. The van der Waals surface area contributed by atoms with Crippen LogP contribution in [0.5, 0.6) is 0 Å². The summed E-state index contributed by atoms with van der Waals surface area (Å²) in [5, 5.41) is 14.4. The summed E-state index contributed by atoms with van der Waals surface area (Å²) < 4.78 is 30.9. The molecule has 0 aliphatic carbocycles. The molecular formula is C26H25Cl2N3O4S. The van der Waals surface area contributed by atoms with Crippen molar-refractivity contribution in [3.63, 3.8) is 0 Å². The molecule has 1 fully saturated rings. The van der Waals surface area contributed by atoms with E-state index in [0.717, 1.165) is 27.4 Å². The Morgan fingerprint density at radius 1 is 0.944 bits per heavy atom. The van der Waals surface area contributed by atoms with Crippen molar-refractivity contribution in [1.82, 2.24) is 14.2 Å². The minimum Gasteiger partial charge on any atom is -0.389 e. The second-order valence-corrected chi connectivity index (χ2v) is 11.8. The molecule has 7 nitrogen and oxygen atoms in total. The zero-order chi connectivity index (χ0) is 25.8. The summed E-state index contributed by atoms with van der Waals surface area (Å²) in [6.07, 6.45) is -1.12. The Morgan fingerprint density at radius 3 is 2.03 bits per heavy atom. The molecule has 0 bridgehead atoms. The van der Waals surface area contributed by atoms with Crippen LogP contribution < -0.4 is 4.72 Å². The predicted octanol–water partition coefficient (Wildman–Crippen LogP) is 4.52. The second kappa shape index (κ2) is 9.36. The van der Waals surface area contributed by atoms with Crippen molar-refractivity contribution in [3.8, 4) is 0 Å². The van der Waals surface area contributed by atoms with E-state index < -0.39 is 28.2 Å². The van der Waals surface area contributed by atoms with Gasteiger partial charge in [-0.25, -0.2) is 13.1 Å². The highest BCUT2D eigenvalue weighted by molar-refractivity contribution is 7.89. The second-order valence-electron chi connectivity index (χ2n) is 9.22. The number of halogens is 2. The quantitative estimate of drug-likeness (QED) is 0.394. The lowest BCUT2D eigenvalue weighted by Crippen LogP contribution is -2.60.